The highest BCUT2D eigenvalue weighted by molar-refractivity contribution is 5.89. The van der Waals surface area contributed by atoms with Crippen LogP contribution in [0.3, 0.4) is 0 Å². The van der Waals surface area contributed by atoms with E-state index in [2.05, 4.69) is 10.1 Å². The second-order valence-electron chi connectivity index (χ2n) is 5.92. The van der Waals surface area contributed by atoms with Crippen molar-refractivity contribution in [1.29, 1.82) is 0 Å². The zero-order chi connectivity index (χ0) is 17.7. The summed E-state index contributed by atoms with van der Waals surface area (Å²) in [6.45, 7) is 1.82. The monoisotopic (exact) mass is 347 g/mol. The van der Waals surface area contributed by atoms with Gasteiger partial charge in [0.1, 0.15) is 5.75 Å². The van der Waals surface area contributed by atoms with Gasteiger partial charge in [0.2, 0.25) is 11.7 Å². The van der Waals surface area contributed by atoms with Gasteiger partial charge in [-0.05, 0) is 31.0 Å². The molecular formula is C17H21N3O5. The van der Waals surface area contributed by atoms with Crippen molar-refractivity contribution in [1.82, 2.24) is 10.1 Å². The van der Waals surface area contributed by atoms with E-state index in [1.165, 1.54) is 7.11 Å². The third-order valence-corrected chi connectivity index (χ3v) is 4.39. The molecule has 0 atom stereocenters. The number of methoxy groups -OCH3 is 1. The lowest BCUT2D eigenvalue weighted by molar-refractivity contribution is 0.0408. The summed E-state index contributed by atoms with van der Waals surface area (Å²) >= 11 is 0. The van der Waals surface area contributed by atoms with Crippen molar-refractivity contribution >= 4 is 5.97 Å². The quantitative estimate of drug-likeness (QED) is 0.782. The summed E-state index contributed by atoms with van der Waals surface area (Å²) in [5, 5.41) is 3.97. The minimum Gasteiger partial charge on any atom is -0.485 e. The summed E-state index contributed by atoms with van der Waals surface area (Å²) in [6.07, 6.45) is 1.51. The van der Waals surface area contributed by atoms with Gasteiger partial charge in [-0.15, -0.1) is 0 Å². The van der Waals surface area contributed by atoms with E-state index in [-0.39, 0.29) is 12.0 Å². The number of esters is 1. The Labute approximate surface area is 145 Å². The van der Waals surface area contributed by atoms with Crippen LogP contribution in [0.5, 0.6) is 5.75 Å². The fraction of sp³-hybridized carbons (Fsp3) is 0.471. The molecule has 1 aliphatic heterocycles. The first-order valence-corrected chi connectivity index (χ1v) is 8.09. The normalized spacial score (nSPS) is 16.4. The van der Waals surface area contributed by atoms with E-state index in [4.69, 9.17) is 24.5 Å². The van der Waals surface area contributed by atoms with Gasteiger partial charge in [0, 0.05) is 19.8 Å². The number of rotatable bonds is 6. The Morgan fingerprint density at radius 2 is 2.16 bits per heavy atom. The lowest BCUT2D eigenvalue weighted by Gasteiger charge is -2.32. The topological polar surface area (TPSA) is 110 Å². The minimum atomic E-state index is -0.420. The molecule has 25 heavy (non-hydrogen) atoms. The fourth-order valence-corrected chi connectivity index (χ4v) is 2.77. The Morgan fingerprint density at radius 1 is 1.36 bits per heavy atom. The molecule has 134 valence electrons. The maximum Gasteiger partial charge on any atom is 0.337 e. The molecule has 1 aliphatic rings. The highest BCUT2D eigenvalue weighted by atomic mass is 16.5. The average Bonchev–Trinajstić information content (AvgIpc) is 3.16. The molecule has 0 amide bonds. The second-order valence-corrected chi connectivity index (χ2v) is 5.92. The number of benzene rings is 1. The van der Waals surface area contributed by atoms with Gasteiger partial charge in [0.25, 0.3) is 0 Å². The van der Waals surface area contributed by atoms with Gasteiger partial charge < -0.3 is 24.5 Å². The smallest absolute Gasteiger partial charge is 0.337 e. The lowest BCUT2D eigenvalue weighted by Crippen LogP contribution is -2.40. The molecule has 0 unspecified atom stereocenters. The lowest BCUT2D eigenvalue weighted by atomic mass is 9.80. The van der Waals surface area contributed by atoms with Gasteiger partial charge in [-0.25, -0.2) is 4.79 Å². The number of ether oxygens (including phenoxy) is 3. The van der Waals surface area contributed by atoms with Gasteiger partial charge in [-0.1, -0.05) is 11.2 Å². The third-order valence-electron chi connectivity index (χ3n) is 4.39. The van der Waals surface area contributed by atoms with E-state index in [0.717, 1.165) is 12.8 Å². The Balaban J connectivity index is 1.67. The van der Waals surface area contributed by atoms with E-state index in [1.807, 2.05) is 0 Å². The summed E-state index contributed by atoms with van der Waals surface area (Å²) < 4.78 is 21.1. The average molecular weight is 347 g/mol. The standard InChI is InChI=1S/C17H21N3O5/c1-22-15(21)12-3-2-4-13(9-12)24-10-14-19-16(25-20-14)17(11-18)5-7-23-8-6-17/h2-4,9H,5-8,10-11,18H2,1H3. The fourth-order valence-electron chi connectivity index (χ4n) is 2.77. The SMILES string of the molecule is COC(=O)c1cccc(OCc2noc(C3(CN)CCOCC3)n2)c1. The molecular weight excluding hydrogens is 326 g/mol. The van der Waals surface area contributed by atoms with Crippen molar-refractivity contribution in [3.8, 4) is 5.75 Å². The Hall–Kier alpha value is -2.45. The molecule has 8 heteroatoms. The molecule has 3 rings (SSSR count). The largest absolute Gasteiger partial charge is 0.485 e. The van der Waals surface area contributed by atoms with Crippen LogP contribution < -0.4 is 10.5 Å². The Morgan fingerprint density at radius 3 is 2.88 bits per heavy atom. The van der Waals surface area contributed by atoms with Crippen molar-refractivity contribution in [2.45, 2.75) is 24.9 Å². The molecule has 2 aromatic rings. The van der Waals surface area contributed by atoms with Crippen molar-refractivity contribution < 1.29 is 23.5 Å². The predicted molar refractivity (Wildman–Crippen MR) is 87.2 cm³/mol. The molecule has 0 radical (unpaired) electrons. The summed E-state index contributed by atoms with van der Waals surface area (Å²) in [7, 11) is 1.33. The van der Waals surface area contributed by atoms with Gasteiger partial charge in [-0.3, -0.25) is 0 Å². The highest BCUT2D eigenvalue weighted by Gasteiger charge is 2.38. The first kappa shape index (κ1) is 17.4. The molecule has 2 heterocycles. The van der Waals surface area contributed by atoms with Gasteiger partial charge in [-0.2, -0.15) is 4.98 Å². The molecule has 0 spiro atoms. The first-order valence-electron chi connectivity index (χ1n) is 8.09. The van der Waals surface area contributed by atoms with Crippen molar-refractivity contribution in [3.05, 3.63) is 41.5 Å². The van der Waals surface area contributed by atoms with Crippen LogP contribution in [0.2, 0.25) is 0 Å². The molecule has 1 saturated heterocycles. The number of carbonyl (C=O) groups is 1. The van der Waals surface area contributed by atoms with E-state index in [9.17, 15) is 4.79 Å². The number of carbonyl (C=O) groups excluding carboxylic acids is 1. The van der Waals surface area contributed by atoms with Crippen molar-refractivity contribution in [2.24, 2.45) is 5.73 Å². The van der Waals surface area contributed by atoms with E-state index >= 15 is 0 Å². The number of hydrogen-bond acceptors (Lipinski definition) is 8. The van der Waals surface area contributed by atoms with Crippen LogP contribution >= 0.6 is 0 Å². The maximum absolute atomic E-state index is 11.5. The van der Waals surface area contributed by atoms with Crippen LogP contribution in [0.15, 0.2) is 28.8 Å². The van der Waals surface area contributed by atoms with Crippen LogP contribution in [-0.2, 0) is 21.5 Å². The van der Waals surface area contributed by atoms with E-state index < -0.39 is 5.97 Å². The van der Waals surface area contributed by atoms with Gasteiger partial charge >= 0.3 is 5.97 Å². The van der Waals surface area contributed by atoms with Crippen LogP contribution in [0.1, 0.15) is 34.9 Å². The number of nitrogens with two attached hydrogens (primary N) is 1. The van der Waals surface area contributed by atoms with Crippen molar-refractivity contribution in [2.75, 3.05) is 26.9 Å². The summed E-state index contributed by atoms with van der Waals surface area (Å²) in [4.78, 5) is 16.0. The van der Waals surface area contributed by atoms with Gasteiger partial charge in [0.15, 0.2) is 6.61 Å². The molecule has 0 saturated carbocycles. The number of nitrogens with zero attached hydrogens (tertiary/aromatic N) is 2. The Bertz CT molecular complexity index is 725. The maximum atomic E-state index is 11.5. The summed E-state index contributed by atoms with van der Waals surface area (Å²) in [6, 6.07) is 6.72. The summed E-state index contributed by atoms with van der Waals surface area (Å²) in [5.41, 5.74) is 6.03. The van der Waals surface area contributed by atoms with E-state index in [1.54, 1.807) is 24.3 Å². The number of hydrogen-bond donors (Lipinski definition) is 1. The third kappa shape index (κ3) is 3.80. The zero-order valence-corrected chi connectivity index (χ0v) is 14.1. The molecule has 0 bridgehead atoms. The second kappa shape index (κ2) is 7.62. The van der Waals surface area contributed by atoms with E-state index in [0.29, 0.717) is 42.8 Å². The molecule has 1 aromatic heterocycles. The highest BCUT2D eigenvalue weighted by Crippen LogP contribution is 2.32. The molecule has 1 fully saturated rings. The molecule has 2 N–H and O–H groups in total. The first-order chi connectivity index (χ1) is 12.2. The summed E-state index contributed by atoms with van der Waals surface area (Å²) in [5.74, 6) is 1.06. The minimum absolute atomic E-state index is 0.130. The molecule has 1 aromatic carbocycles. The zero-order valence-electron chi connectivity index (χ0n) is 14.1. The Kier molecular flexibility index (Phi) is 5.30. The number of aromatic nitrogens is 2. The van der Waals surface area contributed by atoms with Gasteiger partial charge in [0.05, 0.1) is 18.1 Å². The predicted octanol–water partition coefficient (Wildman–Crippen LogP) is 1.44. The van der Waals surface area contributed by atoms with Crippen LogP contribution in [0.4, 0.5) is 0 Å². The van der Waals surface area contributed by atoms with Crippen LogP contribution in [0, 0.1) is 0 Å². The molecule has 8 nitrogen and oxygen atoms in total. The molecule has 0 aliphatic carbocycles. The van der Waals surface area contributed by atoms with Crippen molar-refractivity contribution in [3.63, 3.8) is 0 Å². The van der Waals surface area contributed by atoms with Crippen LogP contribution in [0.25, 0.3) is 0 Å². The van der Waals surface area contributed by atoms with Crippen LogP contribution in [-0.4, -0.2) is 43.0 Å².